The molecule has 4 rings (SSSR count). The van der Waals surface area contributed by atoms with Crippen molar-refractivity contribution in [1.82, 2.24) is 15.0 Å². The number of nitrogens with zero attached hydrogens (tertiary/aromatic N) is 3. The molecule has 2 heterocycles. The number of fused-ring (bicyclic) bond motifs is 1. The molecule has 2 aromatic heterocycles. The van der Waals surface area contributed by atoms with E-state index in [1.165, 1.54) is 11.3 Å². The van der Waals surface area contributed by atoms with Gasteiger partial charge in [0.2, 0.25) is 0 Å². The lowest BCUT2D eigenvalue weighted by atomic mass is 10.1. The fraction of sp³-hybridized carbons (Fsp3) is 0.143. The molecule has 0 aliphatic heterocycles. The van der Waals surface area contributed by atoms with Gasteiger partial charge in [0.1, 0.15) is 17.8 Å². The fourth-order valence-corrected chi connectivity index (χ4v) is 3.62. The number of anilines is 3. The number of hydrogen-bond donors (Lipinski definition) is 3. The molecule has 0 saturated carbocycles. The molecule has 3 N–H and O–H groups in total. The number of thiazole rings is 1. The highest BCUT2D eigenvalue weighted by molar-refractivity contribution is 7.07. The summed E-state index contributed by atoms with van der Waals surface area (Å²) < 4.78 is 0. The molecule has 8 heteroatoms. The maximum atomic E-state index is 12.3. The number of amides is 1. The van der Waals surface area contributed by atoms with Crippen molar-refractivity contribution < 1.29 is 4.79 Å². The van der Waals surface area contributed by atoms with Crippen LogP contribution < -0.4 is 16.0 Å². The first-order valence-corrected chi connectivity index (χ1v) is 10.0. The van der Waals surface area contributed by atoms with E-state index < -0.39 is 0 Å². The van der Waals surface area contributed by atoms with Gasteiger partial charge < -0.3 is 16.0 Å². The van der Waals surface area contributed by atoms with Crippen LogP contribution in [0.5, 0.6) is 0 Å². The Bertz CT molecular complexity index is 1160. The van der Waals surface area contributed by atoms with Gasteiger partial charge in [0.15, 0.2) is 0 Å². The third-order valence-corrected chi connectivity index (χ3v) is 5.20. The number of hydrogen-bond acceptors (Lipinski definition) is 7. The predicted octanol–water partition coefficient (Wildman–Crippen LogP) is 4.30. The van der Waals surface area contributed by atoms with E-state index in [2.05, 4.69) is 30.9 Å². The van der Waals surface area contributed by atoms with Crippen LogP contribution in [0, 0.1) is 6.92 Å². The SMILES string of the molecule is CNc1ncnc2c(CNc3cc(NC(=O)c4cscn4)ccc3C)cccc12. The standard InChI is InChI=1S/C21H20N6OS/c1-13-6-7-15(27-21(28)18-10-29-12-26-18)8-17(13)23-9-14-4-3-5-16-19(14)24-11-25-20(16)22-2/h3-8,10-12,23H,9H2,1-2H3,(H,27,28)(H,22,24,25). The average Bonchev–Trinajstić information content (AvgIpc) is 3.28. The highest BCUT2D eigenvalue weighted by atomic mass is 32.1. The Hall–Kier alpha value is -3.52. The van der Waals surface area contributed by atoms with E-state index in [1.54, 1.807) is 17.2 Å². The lowest BCUT2D eigenvalue weighted by molar-refractivity contribution is 0.102. The van der Waals surface area contributed by atoms with Crippen molar-refractivity contribution in [2.24, 2.45) is 0 Å². The largest absolute Gasteiger partial charge is 0.381 e. The zero-order chi connectivity index (χ0) is 20.2. The number of aryl methyl sites for hydroxylation is 1. The van der Waals surface area contributed by atoms with Crippen molar-refractivity contribution in [3.63, 3.8) is 0 Å². The van der Waals surface area contributed by atoms with Crippen molar-refractivity contribution in [2.75, 3.05) is 23.0 Å². The number of carbonyl (C=O) groups is 1. The summed E-state index contributed by atoms with van der Waals surface area (Å²) in [5.74, 6) is 0.589. The van der Waals surface area contributed by atoms with Crippen LogP contribution >= 0.6 is 11.3 Å². The van der Waals surface area contributed by atoms with Crippen LogP contribution in [0.15, 0.2) is 53.6 Å². The molecule has 0 unspecified atom stereocenters. The maximum absolute atomic E-state index is 12.3. The first-order chi connectivity index (χ1) is 14.2. The monoisotopic (exact) mass is 404 g/mol. The summed E-state index contributed by atoms with van der Waals surface area (Å²) in [6, 6.07) is 11.8. The zero-order valence-electron chi connectivity index (χ0n) is 16.1. The van der Waals surface area contributed by atoms with E-state index in [9.17, 15) is 4.79 Å². The topological polar surface area (TPSA) is 91.8 Å². The minimum absolute atomic E-state index is 0.216. The normalized spacial score (nSPS) is 10.7. The molecule has 29 heavy (non-hydrogen) atoms. The third-order valence-electron chi connectivity index (χ3n) is 4.61. The Morgan fingerprint density at radius 2 is 2.03 bits per heavy atom. The van der Waals surface area contributed by atoms with Gasteiger partial charge in [-0.3, -0.25) is 4.79 Å². The molecule has 0 aliphatic rings. The van der Waals surface area contributed by atoms with Crippen LogP contribution in [0.3, 0.4) is 0 Å². The molecule has 0 saturated heterocycles. The van der Waals surface area contributed by atoms with Crippen molar-refractivity contribution in [2.45, 2.75) is 13.5 Å². The highest BCUT2D eigenvalue weighted by Gasteiger charge is 2.10. The molecule has 0 fully saturated rings. The van der Waals surface area contributed by atoms with Gasteiger partial charge in [-0.15, -0.1) is 11.3 Å². The third kappa shape index (κ3) is 4.02. The molecular weight excluding hydrogens is 384 g/mol. The Morgan fingerprint density at radius 3 is 2.83 bits per heavy atom. The predicted molar refractivity (Wildman–Crippen MR) is 118 cm³/mol. The second-order valence-electron chi connectivity index (χ2n) is 6.50. The van der Waals surface area contributed by atoms with E-state index in [4.69, 9.17) is 0 Å². The number of nitrogens with one attached hydrogen (secondary N) is 3. The van der Waals surface area contributed by atoms with Crippen molar-refractivity contribution in [3.8, 4) is 0 Å². The second-order valence-corrected chi connectivity index (χ2v) is 7.22. The van der Waals surface area contributed by atoms with Gasteiger partial charge in [0.25, 0.3) is 5.91 Å². The van der Waals surface area contributed by atoms with E-state index in [0.29, 0.717) is 17.9 Å². The van der Waals surface area contributed by atoms with Crippen LogP contribution in [-0.4, -0.2) is 27.9 Å². The van der Waals surface area contributed by atoms with Crippen LogP contribution in [0.1, 0.15) is 21.6 Å². The smallest absolute Gasteiger partial charge is 0.275 e. The average molecular weight is 404 g/mol. The lowest BCUT2D eigenvalue weighted by Gasteiger charge is -2.14. The van der Waals surface area contributed by atoms with E-state index in [-0.39, 0.29) is 5.91 Å². The molecule has 7 nitrogen and oxygen atoms in total. The molecule has 0 radical (unpaired) electrons. The van der Waals surface area contributed by atoms with Gasteiger partial charge in [0.05, 0.1) is 11.0 Å². The summed E-state index contributed by atoms with van der Waals surface area (Å²) in [7, 11) is 1.85. The van der Waals surface area contributed by atoms with Gasteiger partial charge in [-0.1, -0.05) is 18.2 Å². The number of aromatic nitrogens is 3. The molecule has 0 atom stereocenters. The molecule has 0 spiro atoms. The van der Waals surface area contributed by atoms with Crippen LogP contribution in [-0.2, 0) is 6.54 Å². The van der Waals surface area contributed by atoms with E-state index >= 15 is 0 Å². The fourth-order valence-electron chi connectivity index (χ4n) is 3.09. The number of rotatable bonds is 6. The number of benzene rings is 2. The van der Waals surface area contributed by atoms with Gasteiger partial charge >= 0.3 is 0 Å². The van der Waals surface area contributed by atoms with Crippen LogP contribution in [0.4, 0.5) is 17.2 Å². The zero-order valence-corrected chi connectivity index (χ0v) is 16.9. The Balaban J connectivity index is 1.54. The van der Waals surface area contributed by atoms with Crippen LogP contribution in [0.25, 0.3) is 10.9 Å². The summed E-state index contributed by atoms with van der Waals surface area (Å²) in [5.41, 5.74) is 6.78. The molecule has 0 aliphatic carbocycles. The molecule has 2 aromatic carbocycles. The minimum atomic E-state index is -0.216. The summed E-state index contributed by atoms with van der Waals surface area (Å²) in [5, 5.41) is 12.2. The number of para-hydroxylation sites is 1. The first kappa shape index (κ1) is 18.8. The molecule has 4 aromatic rings. The molecule has 1 amide bonds. The Kier molecular flexibility index (Phi) is 5.35. The summed E-state index contributed by atoms with van der Waals surface area (Å²) >= 11 is 1.39. The lowest BCUT2D eigenvalue weighted by Crippen LogP contribution is -2.12. The molecular formula is C21H20N6OS. The Morgan fingerprint density at radius 1 is 1.14 bits per heavy atom. The maximum Gasteiger partial charge on any atom is 0.275 e. The summed E-state index contributed by atoms with van der Waals surface area (Å²) in [6.45, 7) is 2.63. The Labute approximate surface area is 172 Å². The molecule has 0 bridgehead atoms. The first-order valence-electron chi connectivity index (χ1n) is 9.10. The van der Waals surface area contributed by atoms with Gasteiger partial charge in [0, 0.05) is 35.7 Å². The van der Waals surface area contributed by atoms with Crippen molar-refractivity contribution >= 4 is 45.3 Å². The molecule has 146 valence electrons. The second kappa shape index (κ2) is 8.24. The summed E-state index contributed by atoms with van der Waals surface area (Å²) in [6.07, 6.45) is 1.57. The van der Waals surface area contributed by atoms with Gasteiger partial charge in [-0.05, 0) is 36.2 Å². The summed E-state index contributed by atoms with van der Waals surface area (Å²) in [4.78, 5) is 25.0. The quantitative estimate of drug-likeness (QED) is 0.444. The van der Waals surface area contributed by atoms with Crippen molar-refractivity contribution in [1.29, 1.82) is 0 Å². The van der Waals surface area contributed by atoms with E-state index in [1.807, 2.05) is 50.4 Å². The van der Waals surface area contributed by atoms with Gasteiger partial charge in [-0.25, -0.2) is 15.0 Å². The minimum Gasteiger partial charge on any atom is -0.381 e. The highest BCUT2D eigenvalue weighted by Crippen LogP contribution is 2.25. The van der Waals surface area contributed by atoms with E-state index in [0.717, 1.165) is 33.5 Å². The van der Waals surface area contributed by atoms with Crippen molar-refractivity contribution in [3.05, 3.63) is 70.4 Å². The van der Waals surface area contributed by atoms with Crippen LogP contribution in [0.2, 0.25) is 0 Å². The number of carbonyl (C=O) groups excluding carboxylic acids is 1. The van der Waals surface area contributed by atoms with Gasteiger partial charge in [-0.2, -0.15) is 0 Å².